The van der Waals surface area contributed by atoms with Crippen molar-refractivity contribution < 1.29 is 4.42 Å². The number of unbranched alkanes of at least 4 members (excludes halogenated alkanes) is 2. The van der Waals surface area contributed by atoms with Crippen molar-refractivity contribution in [2.45, 2.75) is 59.3 Å². The van der Waals surface area contributed by atoms with Crippen LogP contribution in [0, 0.1) is 0 Å². The van der Waals surface area contributed by atoms with E-state index in [2.05, 4.69) is 26.8 Å². The summed E-state index contributed by atoms with van der Waals surface area (Å²) in [6.45, 7) is 6.59. The molecule has 0 radical (unpaired) electrons. The summed E-state index contributed by atoms with van der Waals surface area (Å²) >= 11 is 0. The first-order chi connectivity index (χ1) is 6.81. The zero-order chi connectivity index (χ0) is 10.4. The third-order valence-corrected chi connectivity index (χ3v) is 2.68. The fourth-order valence-corrected chi connectivity index (χ4v) is 1.80. The zero-order valence-electron chi connectivity index (χ0n) is 9.73. The summed E-state index contributed by atoms with van der Waals surface area (Å²) in [6, 6.07) is 2.24. The normalized spacial score (nSPS) is 10.8. The van der Waals surface area contributed by atoms with Gasteiger partial charge in [-0.25, -0.2) is 0 Å². The van der Waals surface area contributed by atoms with Gasteiger partial charge in [-0.2, -0.15) is 0 Å². The molecule has 0 amide bonds. The second-order valence-electron chi connectivity index (χ2n) is 3.83. The summed E-state index contributed by atoms with van der Waals surface area (Å²) in [5, 5.41) is 0. The van der Waals surface area contributed by atoms with E-state index in [0.717, 1.165) is 19.3 Å². The molecule has 0 saturated heterocycles. The first kappa shape index (κ1) is 11.4. The number of aryl methyl sites for hydroxylation is 3. The minimum absolute atomic E-state index is 1.02. The van der Waals surface area contributed by atoms with Crippen LogP contribution >= 0.6 is 0 Å². The Kier molecular flexibility index (Phi) is 4.78. The predicted molar refractivity (Wildman–Crippen MR) is 60.7 cm³/mol. The molecule has 14 heavy (non-hydrogen) atoms. The molecular weight excluding hydrogens is 172 g/mol. The molecule has 0 bridgehead atoms. The lowest BCUT2D eigenvalue weighted by Gasteiger charge is -1.95. The average Bonchev–Trinajstić information content (AvgIpc) is 2.61. The van der Waals surface area contributed by atoms with Crippen LogP contribution in [0.4, 0.5) is 0 Å². The Morgan fingerprint density at radius 1 is 1.07 bits per heavy atom. The molecule has 0 fully saturated rings. The van der Waals surface area contributed by atoms with Crippen LogP contribution < -0.4 is 0 Å². The Hall–Kier alpha value is -0.720. The van der Waals surface area contributed by atoms with Gasteiger partial charge in [0.2, 0.25) is 0 Å². The molecule has 0 aromatic carbocycles. The van der Waals surface area contributed by atoms with Gasteiger partial charge in [-0.05, 0) is 24.5 Å². The van der Waals surface area contributed by atoms with E-state index in [0.29, 0.717) is 0 Å². The maximum absolute atomic E-state index is 5.80. The standard InChI is InChI=1S/C13H22O/c1-4-7-8-9-12-10-11(5-2)13(6-3)14-12/h10H,4-9H2,1-3H3. The van der Waals surface area contributed by atoms with Crippen molar-refractivity contribution in [1.29, 1.82) is 0 Å². The molecule has 1 rings (SSSR count). The van der Waals surface area contributed by atoms with Gasteiger partial charge in [-0.3, -0.25) is 0 Å². The summed E-state index contributed by atoms with van der Waals surface area (Å²) < 4.78 is 5.80. The van der Waals surface area contributed by atoms with Crippen molar-refractivity contribution in [2.75, 3.05) is 0 Å². The predicted octanol–water partition coefficient (Wildman–Crippen LogP) is 4.14. The quantitative estimate of drug-likeness (QED) is 0.620. The van der Waals surface area contributed by atoms with Crippen molar-refractivity contribution in [3.05, 3.63) is 23.2 Å². The second-order valence-corrected chi connectivity index (χ2v) is 3.83. The van der Waals surface area contributed by atoms with E-state index < -0.39 is 0 Å². The minimum atomic E-state index is 1.02. The average molecular weight is 194 g/mol. The van der Waals surface area contributed by atoms with Gasteiger partial charge in [0.25, 0.3) is 0 Å². The van der Waals surface area contributed by atoms with Crippen molar-refractivity contribution in [1.82, 2.24) is 0 Å². The fraction of sp³-hybridized carbons (Fsp3) is 0.692. The van der Waals surface area contributed by atoms with Gasteiger partial charge in [0.15, 0.2) is 0 Å². The lowest BCUT2D eigenvalue weighted by molar-refractivity contribution is 0.458. The van der Waals surface area contributed by atoms with Gasteiger partial charge in [-0.15, -0.1) is 0 Å². The van der Waals surface area contributed by atoms with E-state index in [-0.39, 0.29) is 0 Å². The van der Waals surface area contributed by atoms with E-state index in [1.165, 1.54) is 36.3 Å². The first-order valence-electron chi connectivity index (χ1n) is 5.92. The smallest absolute Gasteiger partial charge is 0.107 e. The van der Waals surface area contributed by atoms with E-state index in [1.54, 1.807) is 0 Å². The molecule has 1 heterocycles. The molecule has 1 nitrogen and oxygen atoms in total. The highest BCUT2D eigenvalue weighted by molar-refractivity contribution is 5.21. The lowest BCUT2D eigenvalue weighted by atomic mass is 10.1. The first-order valence-corrected chi connectivity index (χ1v) is 5.92. The van der Waals surface area contributed by atoms with E-state index in [9.17, 15) is 0 Å². The maximum Gasteiger partial charge on any atom is 0.107 e. The summed E-state index contributed by atoms with van der Waals surface area (Å²) in [6.07, 6.45) is 7.08. The molecule has 0 atom stereocenters. The van der Waals surface area contributed by atoms with Gasteiger partial charge in [-0.1, -0.05) is 33.6 Å². The van der Waals surface area contributed by atoms with E-state index in [4.69, 9.17) is 4.42 Å². The Bertz CT molecular complexity index is 239. The largest absolute Gasteiger partial charge is 0.466 e. The van der Waals surface area contributed by atoms with Crippen molar-refractivity contribution in [3.8, 4) is 0 Å². The molecule has 0 aliphatic rings. The molecule has 0 aliphatic carbocycles. The minimum Gasteiger partial charge on any atom is -0.466 e. The van der Waals surface area contributed by atoms with Crippen molar-refractivity contribution in [2.24, 2.45) is 0 Å². The van der Waals surface area contributed by atoms with Crippen molar-refractivity contribution >= 4 is 0 Å². The summed E-state index contributed by atoms with van der Waals surface area (Å²) in [5.41, 5.74) is 1.40. The van der Waals surface area contributed by atoms with Crippen LogP contribution in [-0.4, -0.2) is 0 Å². The second kappa shape index (κ2) is 5.90. The lowest BCUT2D eigenvalue weighted by Crippen LogP contribution is -1.81. The number of rotatable bonds is 6. The van der Waals surface area contributed by atoms with Crippen LogP contribution in [0.2, 0.25) is 0 Å². The van der Waals surface area contributed by atoms with Crippen LogP contribution in [0.3, 0.4) is 0 Å². The van der Waals surface area contributed by atoms with E-state index >= 15 is 0 Å². The highest BCUT2D eigenvalue weighted by Crippen LogP contribution is 2.18. The van der Waals surface area contributed by atoms with Gasteiger partial charge < -0.3 is 4.42 Å². The Morgan fingerprint density at radius 3 is 2.36 bits per heavy atom. The molecule has 1 heteroatoms. The molecule has 0 N–H and O–H groups in total. The highest BCUT2D eigenvalue weighted by Gasteiger charge is 2.07. The maximum atomic E-state index is 5.80. The van der Waals surface area contributed by atoms with Crippen LogP contribution in [0.5, 0.6) is 0 Å². The molecular formula is C13H22O. The Morgan fingerprint density at radius 2 is 1.86 bits per heavy atom. The summed E-state index contributed by atoms with van der Waals surface area (Å²) in [7, 11) is 0. The topological polar surface area (TPSA) is 13.1 Å². The van der Waals surface area contributed by atoms with Crippen LogP contribution in [0.15, 0.2) is 10.5 Å². The Balaban J connectivity index is 2.55. The Labute approximate surface area is 87.5 Å². The third kappa shape index (κ3) is 2.90. The molecule has 80 valence electrons. The molecule has 0 saturated carbocycles. The van der Waals surface area contributed by atoms with Gasteiger partial charge >= 0.3 is 0 Å². The molecule has 1 aromatic heterocycles. The highest BCUT2D eigenvalue weighted by atomic mass is 16.3. The summed E-state index contributed by atoms with van der Waals surface area (Å²) in [4.78, 5) is 0. The molecule has 0 spiro atoms. The van der Waals surface area contributed by atoms with Crippen LogP contribution in [0.1, 0.15) is 57.1 Å². The zero-order valence-corrected chi connectivity index (χ0v) is 9.73. The molecule has 0 aliphatic heterocycles. The number of hydrogen-bond acceptors (Lipinski definition) is 1. The van der Waals surface area contributed by atoms with Crippen molar-refractivity contribution in [3.63, 3.8) is 0 Å². The fourth-order valence-electron chi connectivity index (χ4n) is 1.80. The monoisotopic (exact) mass is 194 g/mol. The van der Waals surface area contributed by atoms with Crippen LogP contribution in [0.25, 0.3) is 0 Å². The molecule has 0 unspecified atom stereocenters. The third-order valence-electron chi connectivity index (χ3n) is 2.68. The van der Waals surface area contributed by atoms with Gasteiger partial charge in [0.05, 0.1) is 0 Å². The SMILES string of the molecule is CCCCCc1cc(CC)c(CC)o1. The number of furan rings is 1. The summed E-state index contributed by atoms with van der Waals surface area (Å²) in [5.74, 6) is 2.38. The van der Waals surface area contributed by atoms with E-state index in [1.807, 2.05) is 0 Å². The van der Waals surface area contributed by atoms with Gasteiger partial charge in [0.1, 0.15) is 11.5 Å². The molecule has 1 aromatic rings. The van der Waals surface area contributed by atoms with Crippen LogP contribution in [-0.2, 0) is 19.3 Å². The van der Waals surface area contributed by atoms with Gasteiger partial charge in [0, 0.05) is 12.8 Å². The number of hydrogen-bond donors (Lipinski definition) is 0.